The Bertz CT molecular complexity index is 1200. The number of H-pyrrole nitrogens is 1. The minimum absolute atomic E-state index is 0.0995. The lowest BCUT2D eigenvalue weighted by Gasteiger charge is -2.11. The number of ether oxygens (including phenoxy) is 1. The summed E-state index contributed by atoms with van der Waals surface area (Å²) in [7, 11) is 0. The van der Waals surface area contributed by atoms with Gasteiger partial charge in [0.2, 0.25) is 5.65 Å². The number of hydrogen-bond donors (Lipinski definition) is 2. The summed E-state index contributed by atoms with van der Waals surface area (Å²) < 4.78 is 6.00. The Hall–Kier alpha value is -3.81. The van der Waals surface area contributed by atoms with E-state index in [1.54, 1.807) is 6.07 Å². The number of nitrogens with zero attached hydrogens (tertiary/aromatic N) is 5. The Morgan fingerprint density at radius 3 is 2.83 bits per heavy atom. The number of benzene rings is 2. The van der Waals surface area contributed by atoms with E-state index in [2.05, 4.69) is 61.0 Å². The Balaban J connectivity index is 1.28. The van der Waals surface area contributed by atoms with Crippen molar-refractivity contribution in [2.75, 3.05) is 5.73 Å². The molecule has 30 heavy (non-hydrogen) atoms. The number of pyridine rings is 1. The van der Waals surface area contributed by atoms with E-state index in [1.165, 1.54) is 5.56 Å². The van der Waals surface area contributed by atoms with Crippen LogP contribution in [0, 0.1) is 0 Å². The van der Waals surface area contributed by atoms with Crippen LogP contribution in [0.25, 0.3) is 11.2 Å². The average Bonchev–Trinajstić information content (AvgIpc) is 3.40. The monoisotopic (exact) mass is 399 g/mol. The minimum Gasteiger partial charge on any atom is -0.486 e. The number of aromatic amines is 1. The smallest absolute Gasteiger partial charge is 0.207 e. The van der Waals surface area contributed by atoms with Gasteiger partial charge >= 0.3 is 0 Å². The summed E-state index contributed by atoms with van der Waals surface area (Å²) in [5, 5.41) is 19.6. The number of azo groups is 1. The largest absolute Gasteiger partial charge is 0.486 e. The molecule has 0 aliphatic carbocycles. The van der Waals surface area contributed by atoms with Crippen molar-refractivity contribution in [1.29, 1.82) is 0 Å². The van der Waals surface area contributed by atoms with Crippen molar-refractivity contribution in [3.8, 4) is 5.75 Å². The fourth-order valence-electron chi connectivity index (χ4n) is 3.76. The van der Waals surface area contributed by atoms with E-state index in [1.807, 2.05) is 18.2 Å². The molecule has 1 aliphatic rings. The molecular formula is C22H21N7O. The summed E-state index contributed by atoms with van der Waals surface area (Å²) in [6.07, 6.45) is 3.08. The predicted molar refractivity (Wildman–Crippen MR) is 114 cm³/mol. The number of hydrogen-bond acceptors (Lipinski definition) is 7. The highest BCUT2D eigenvalue weighted by atomic mass is 16.5. The van der Waals surface area contributed by atoms with Crippen LogP contribution in [0.3, 0.4) is 0 Å². The second kappa shape index (κ2) is 7.90. The number of nitrogen functional groups attached to an aromatic ring is 1. The van der Waals surface area contributed by atoms with Crippen molar-refractivity contribution in [1.82, 2.24) is 20.4 Å². The highest BCUT2D eigenvalue weighted by molar-refractivity contribution is 5.78. The van der Waals surface area contributed by atoms with Crippen molar-refractivity contribution < 1.29 is 4.74 Å². The second-order valence-electron chi connectivity index (χ2n) is 7.29. The molecule has 0 bridgehead atoms. The molecule has 150 valence electrons. The summed E-state index contributed by atoms with van der Waals surface area (Å²) in [6.45, 7) is 0.338. The molecule has 1 aliphatic heterocycles. The molecule has 1 unspecified atom stereocenters. The van der Waals surface area contributed by atoms with Crippen LogP contribution in [0.15, 0.2) is 64.8 Å². The van der Waals surface area contributed by atoms with Gasteiger partial charge in [0.25, 0.3) is 0 Å². The third-order valence-electron chi connectivity index (χ3n) is 5.25. The lowest BCUT2D eigenvalue weighted by molar-refractivity contribution is 0.310. The molecule has 0 saturated carbocycles. The van der Waals surface area contributed by atoms with Gasteiger partial charge in [0.15, 0.2) is 11.3 Å². The quantitative estimate of drug-likeness (QED) is 0.468. The molecule has 2 aromatic heterocycles. The Morgan fingerprint density at radius 2 is 1.93 bits per heavy atom. The first-order valence-electron chi connectivity index (χ1n) is 9.94. The van der Waals surface area contributed by atoms with Gasteiger partial charge in [0, 0.05) is 17.2 Å². The van der Waals surface area contributed by atoms with Crippen molar-refractivity contribution >= 4 is 22.7 Å². The first-order chi connectivity index (χ1) is 14.8. The summed E-state index contributed by atoms with van der Waals surface area (Å²) in [5.41, 5.74) is 11.2. The van der Waals surface area contributed by atoms with E-state index in [9.17, 15) is 0 Å². The van der Waals surface area contributed by atoms with Gasteiger partial charge in [-0.25, -0.2) is 4.98 Å². The normalized spacial score (nSPS) is 14.9. The molecule has 2 aromatic carbocycles. The standard InChI is InChI=1S/C22H21N7O/c23-19-12-18(21-22(24-19)28-29-27-21)30-13-15-9-5-10-16-17(25-26-20(15)16)11-4-8-14-6-2-1-3-7-14/h1-3,5-7,9-10,12,17H,4,8,11,13H2,(H3,23,24,27,28,29). The van der Waals surface area contributed by atoms with E-state index in [4.69, 9.17) is 10.5 Å². The first-order valence-corrected chi connectivity index (χ1v) is 9.94. The number of nitrogens with two attached hydrogens (primary N) is 1. The fraction of sp³-hybridized carbons (Fsp3) is 0.227. The summed E-state index contributed by atoms with van der Waals surface area (Å²) >= 11 is 0. The highest BCUT2D eigenvalue weighted by Crippen LogP contribution is 2.41. The van der Waals surface area contributed by atoms with Crippen LogP contribution in [0.5, 0.6) is 5.75 Å². The third-order valence-corrected chi connectivity index (χ3v) is 5.25. The van der Waals surface area contributed by atoms with Crippen LogP contribution in [0.2, 0.25) is 0 Å². The number of fused-ring (bicyclic) bond motifs is 2. The Kier molecular flexibility index (Phi) is 4.80. The van der Waals surface area contributed by atoms with E-state index >= 15 is 0 Å². The fourth-order valence-corrected chi connectivity index (χ4v) is 3.76. The van der Waals surface area contributed by atoms with Gasteiger partial charge in [-0.05, 0) is 24.8 Å². The Labute approximate surface area is 173 Å². The lowest BCUT2D eigenvalue weighted by atomic mass is 9.97. The van der Waals surface area contributed by atoms with E-state index in [0.717, 1.165) is 36.1 Å². The summed E-state index contributed by atoms with van der Waals surface area (Å²) in [6, 6.07) is 18.4. The van der Waals surface area contributed by atoms with Crippen molar-refractivity contribution in [3.05, 3.63) is 71.3 Å². The molecule has 8 heteroatoms. The number of aryl methyl sites for hydroxylation is 1. The number of anilines is 1. The number of rotatable bonds is 7. The molecule has 0 spiro atoms. The molecule has 0 amide bonds. The van der Waals surface area contributed by atoms with E-state index in [-0.39, 0.29) is 6.04 Å². The van der Waals surface area contributed by atoms with Gasteiger partial charge in [-0.1, -0.05) is 48.5 Å². The van der Waals surface area contributed by atoms with Gasteiger partial charge in [0.1, 0.15) is 12.4 Å². The van der Waals surface area contributed by atoms with Gasteiger partial charge < -0.3 is 10.5 Å². The molecule has 5 rings (SSSR count). The van der Waals surface area contributed by atoms with Gasteiger partial charge in [-0.3, -0.25) is 0 Å². The molecule has 4 aromatic rings. The average molecular weight is 399 g/mol. The minimum atomic E-state index is 0.0995. The third kappa shape index (κ3) is 3.59. The molecule has 8 nitrogen and oxygen atoms in total. The first kappa shape index (κ1) is 18.2. The van der Waals surface area contributed by atoms with Gasteiger partial charge in [0.05, 0.1) is 11.7 Å². The van der Waals surface area contributed by atoms with Crippen LogP contribution in [0.4, 0.5) is 11.5 Å². The van der Waals surface area contributed by atoms with E-state index < -0.39 is 0 Å². The Morgan fingerprint density at radius 1 is 1.03 bits per heavy atom. The van der Waals surface area contributed by atoms with Crippen LogP contribution in [-0.2, 0) is 13.0 Å². The summed E-state index contributed by atoms with van der Waals surface area (Å²) in [4.78, 5) is 4.13. The lowest BCUT2D eigenvalue weighted by Crippen LogP contribution is -2.00. The van der Waals surface area contributed by atoms with E-state index in [0.29, 0.717) is 29.3 Å². The van der Waals surface area contributed by atoms with Gasteiger partial charge in [-0.2, -0.15) is 20.5 Å². The topological polar surface area (TPSA) is 114 Å². The van der Waals surface area contributed by atoms with Crippen molar-refractivity contribution in [2.24, 2.45) is 10.2 Å². The zero-order valence-electron chi connectivity index (χ0n) is 16.3. The zero-order valence-corrected chi connectivity index (χ0v) is 16.3. The molecule has 3 heterocycles. The molecule has 1 atom stereocenters. The maximum Gasteiger partial charge on any atom is 0.207 e. The van der Waals surface area contributed by atoms with Crippen LogP contribution >= 0.6 is 0 Å². The van der Waals surface area contributed by atoms with Crippen molar-refractivity contribution in [3.63, 3.8) is 0 Å². The van der Waals surface area contributed by atoms with Crippen molar-refractivity contribution in [2.45, 2.75) is 31.9 Å². The molecule has 0 fully saturated rings. The van der Waals surface area contributed by atoms with Crippen LogP contribution in [-0.4, -0.2) is 20.4 Å². The zero-order chi connectivity index (χ0) is 20.3. The molecule has 0 saturated heterocycles. The highest BCUT2D eigenvalue weighted by Gasteiger charge is 2.23. The van der Waals surface area contributed by atoms with Crippen LogP contribution < -0.4 is 10.5 Å². The van der Waals surface area contributed by atoms with Gasteiger partial charge in [-0.15, -0.1) is 5.10 Å². The SMILES string of the molecule is Nc1cc(OCc2cccc3c2N=NC3CCCc2ccccc2)c2n[nH]nc2n1. The predicted octanol–water partition coefficient (Wildman–Crippen LogP) is 4.68. The maximum atomic E-state index is 6.00. The molecule has 3 N–H and O–H groups in total. The second-order valence-corrected chi connectivity index (χ2v) is 7.29. The summed E-state index contributed by atoms with van der Waals surface area (Å²) in [5.74, 6) is 0.876. The molecule has 0 radical (unpaired) electrons. The maximum absolute atomic E-state index is 6.00. The van der Waals surface area contributed by atoms with Crippen LogP contribution in [0.1, 0.15) is 35.6 Å². The number of aromatic nitrogens is 4. The molecular weight excluding hydrogens is 378 g/mol. The number of nitrogens with one attached hydrogen (secondary N) is 1.